The molecule has 0 spiro atoms. The first-order valence-corrected chi connectivity index (χ1v) is 7.68. The number of rotatable bonds is 2. The van der Waals surface area contributed by atoms with E-state index < -0.39 is 5.97 Å². The van der Waals surface area contributed by atoms with Crippen LogP contribution in [0.5, 0.6) is 5.88 Å². The molecule has 2 heterocycles. The molecule has 25 heavy (non-hydrogen) atoms. The van der Waals surface area contributed by atoms with E-state index in [1.165, 1.54) is 11.6 Å². The van der Waals surface area contributed by atoms with Gasteiger partial charge in [-0.25, -0.2) is 4.98 Å². The fourth-order valence-electron chi connectivity index (χ4n) is 2.83. The van der Waals surface area contributed by atoms with Gasteiger partial charge in [-0.05, 0) is 24.3 Å². The average Bonchev–Trinajstić information content (AvgIpc) is 2.94. The van der Waals surface area contributed by atoms with Crippen LogP contribution in [0.15, 0.2) is 53.3 Å². The van der Waals surface area contributed by atoms with Crippen LogP contribution in [0.1, 0.15) is 6.92 Å². The van der Waals surface area contributed by atoms with Crippen molar-refractivity contribution in [3.8, 4) is 11.8 Å². The van der Waals surface area contributed by atoms with Crippen molar-refractivity contribution in [1.82, 2.24) is 19.3 Å². The number of fused-ring (bicyclic) bond motifs is 2. The topological polar surface area (TPSA) is 79.0 Å². The van der Waals surface area contributed by atoms with E-state index in [4.69, 9.17) is 4.74 Å². The smallest absolute Gasteiger partial charge is 0.309 e. The van der Waals surface area contributed by atoms with Crippen LogP contribution in [0.2, 0.25) is 0 Å². The zero-order chi connectivity index (χ0) is 17.6. The second kappa shape index (κ2) is 5.55. The minimum Gasteiger partial charge on any atom is -0.405 e. The van der Waals surface area contributed by atoms with Crippen LogP contribution < -0.4 is 10.3 Å². The molecule has 0 unspecified atom stereocenters. The van der Waals surface area contributed by atoms with E-state index in [1.54, 1.807) is 35.9 Å². The fraction of sp³-hybridized carbons (Fsp3) is 0.111. The normalized spacial score (nSPS) is 11.1. The lowest BCUT2D eigenvalue weighted by atomic mass is 10.2. The maximum absolute atomic E-state index is 12.9. The molecular formula is C18H14N4O3. The SMILES string of the molecule is CC(=O)Oc1nn(-c2nc3ccccc3n2C)c(=O)c2ccccc12. The van der Waals surface area contributed by atoms with Crippen LogP contribution in [0.3, 0.4) is 0 Å². The lowest BCUT2D eigenvalue weighted by Crippen LogP contribution is -2.25. The molecule has 2 aromatic heterocycles. The van der Waals surface area contributed by atoms with Gasteiger partial charge >= 0.3 is 5.97 Å². The monoisotopic (exact) mass is 334 g/mol. The molecule has 4 rings (SSSR count). The van der Waals surface area contributed by atoms with Crippen LogP contribution >= 0.6 is 0 Å². The Kier molecular flexibility index (Phi) is 3.35. The van der Waals surface area contributed by atoms with Crippen molar-refractivity contribution in [2.75, 3.05) is 0 Å². The van der Waals surface area contributed by atoms with E-state index in [0.29, 0.717) is 16.7 Å². The van der Waals surface area contributed by atoms with Crippen molar-refractivity contribution in [2.45, 2.75) is 6.92 Å². The molecule has 4 aromatic rings. The summed E-state index contributed by atoms with van der Waals surface area (Å²) in [7, 11) is 1.81. The number of carbonyl (C=O) groups excluding carboxylic acids is 1. The Balaban J connectivity index is 2.07. The highest BCUT2D eigenvalue weighted by Gasteiger charge is 2.17. The van der Waals surface area contributed by atoms with Gasteiger partial charge in [-0.1, -0.05) is 24.3 Å². The van der Waals surface area contributed by atoms with Gasteiger partial charge in [0.25, 0.3) is 5.56 Å². The van der Waals surface area contributed by atoms with E-state index in [1.807, 2.05) is 24.3 Å². The molecule has 0 amide bonds. The molecule has 0 saturated carbocycles. The third kappa shape index (κ3) is 2.37. The molecule has 0 N–H and O–H groups in total. The minimum atomic E-state index is -0.507. The molecule has 0 aliphatic rings. The molecule has 0 atom stereocenters. The molecule has 0 fully saturated rings. The van der Waals surface area contributed by atoms with E-state index in [9.17, 15) is 9.59 Å². The summed E-state index contributed by atoms with van der Waals surface area (Å²) in [6.07, 6.45) is 0. The highest BCUT2D eigenvalue weighted by Crippen LogP contribution is 2.22. The molecule has 0 radical (unpaired) electrons. The molecule has 0 aliphatic carbocycles. The zero-order valence-electron chi connectivity index (χ0n) is 13.6. The fourth-order valence-corrected chi connectivity index (χ4v) is 2.83. The first kappa shape index (κ1) is 15.1. The minimum absolute atomic E-state index is 0.0785. The van der Waals surface area contributed by atoms with Crippen molar-refractivity contribution in [2.24, 2.45) is 7.05 Å². The lowest BCUT2D eigenvalue weighted by molar-refractivity contribution is -0.132. The molecule has 7 heteroatoms. The quantitative estimate of drug-likeness (QED) is 0.525. The number of ether oxygens (including phenoxy) is 1. The first-order valence-electron chi connectivity index (χ1n) is 7.68. The number of aromatic nitrogens is 4. The number of hydrogen-bond acceptors (Lipinski definition) is 5. The van der Waals surface area contributed by atoms with Gasteiger partial charge in [0, 0.05) is 14.0 Å². The summed E-state index contributed by atoms with van der Waals surface area (Å²) in [6.45, 7) is 1.29. The highest BCUT2D eigenvalue weighted by molar-refractivity contribution is 5.88. The van der Waals surface area contributed by atoms with E-state index >= 15 is 0 Å². The van der Waals surface area contributed by atoms with Gasteiger partial charge in [-0.3, -0.25) is 9.59 Å². The Hall–Kier alpha value is -3.48. The number of para-hydroxylation sites is 2. The molecule has 0 aliphatic heterocycles. The summed E-state index contributed by atoms with van der Waals surface area (Å²) in [5, 5.41) is 5.13. The van der Waals surface area contributed by atoms with E-state index in [-0.39, 0.29) is 11.4 Å². The lowest BCUT2D eigenvalue weighted by Gasteiger charge is -2.09. The summed E-state index contributed by atoms with van der Waals surface area (Å²) >= 11 is 0. The van der Waals surface area contributed by atoms with E-state index in [0.717, 1.165) is 11.0 Å². The standard InChI is InChI=1S/C18H14N4O3/c1-11(23)25-16-12-7-3-4-8-13(12)17(24)22(20-16)18-19-14-9-5-6-10-15(14)21(18)2/h3-10H,1-2H3. The number of aryl methyl sites for hydroxylation is 1. The van der Waals surface area contributed by atoms with Gasteiger partial charge in [0.15, 0.2) is 0 Å². The van der Waals surface area contributed by atoms with Crippen molar-refractivity contribution in [3.63, 3.8) is 0 Å². The van der Waals surface area contributed by atoms with Crippen molar-refractivity contribution >= 4 is 27.8 Å². The average molecular weight is 334 g/mol. The second-order valence-corrected chi connectivity index (χ2v) is 5.62. The van der Waals surface area contributed by atoms with Crippen molar-refractivity contribution in [3.05, 3.63) is 58.9 Å². The highest BCUT2D eigenvalue weighted by atomic mass is 16.5. The summed E-state index contributed by atoms with van der Waals surface area (Å²) in [4.78, 5) is 28.8. The number of nitrogens with zero attached hydrogens (tertiary/aromatic N) is 4. The summed E-state index contributed by atoms with van der Waals surface area (Å²) in [5.74, 6) is -0.0760. The summed E-state index contributed by atoms with van der Waals surface area (Å²) < 4.78 is 8.15. The number of esters is 1. The maximum Gasteiger partial charge on any atom is 0.309 e. The maximum atomic E-state index is 12.9. The third-order valence-electron chi connectivity index (χ3n) is 3.96. The predicted octanol–water partition coefficient (Wildman–Crippen LogP) is 2.20. The second-order valence-electron chi connectivity index (χ2n) is 5.62. The molecule has 0 saturated heterocycles. The van der Waals surface area contributed by atoms with Gasteiger partial charge in [0.05, 0.1) is 21.8 Å². The number of imidazole rings is 1. The largest absolute Gasteiger partial charge is 0.405 e. The molecule has 7 nitrogen and oxygen atoms in total. The van der Waals surface area contributed by atoms with Crippen molar-refractivity contribution < 1.29 is 9.53 Å². The Morgan fingerprint density at radius 3 is 2.44 bits per heavy atom. The van der Waals surface area contributed by atoms with Crippen LogP contribution in [-0.4, -0.2) is 25.3 Å². The summed E-state index contributed by atoms with van der Waals surface area (Å²) in [5.41, 5.74) is 1.29. The van der Waals surface area contributed by atoms with Gasteiger partial charge in [-0.2, -0.15) is 4.68 Å². The summed E-state index contributed by atoms with van der Waals surface area (Å²) in [6, 6.07) is 14.4. The Bertz CT molecular complexity index is 1190. The first-order chi connectivity index (χ1) is 12.1. The molecular weight excluding hydrogens is 320 g/mol. The van der Waals surface area contributed by atoms with E-state index in [2.05, 4.69) is 10.1 Å². The predicted molar refractivity (Wildman–Crippen MR) is 92.9 cm³/mol. The van der Waals surface area contributed by atoms with Crippen LogP contribution in [0.25, 0.3) is 27.8 Å². The Morgan fingerprint density at radius 1 is 1.04 bits per heavy atom. The van der Waals surface area contributed by atoms with Crippen LogP contribution in [0.4, 0.5) is 0 Å². The van der Waals surface area contributed by atoms with Gasteiger partial charge < -0.3 is 9.30 Å². The van der Waals surface area contributed by atoms with Crippen LogP contribution in [0, 0.1) is 0 Å². The molecule has 124 valence electrons. The van der Waals surface area contributed by atoms with Crippen LogP contribution in [-0.2, 0) is 11.8 Å². The van der Waals surface area contributed by atoms with Gasteiger partial charge in [0.2, 0.25) is 11.8 Å². The Labute approximate surface area is 142 Å². The van der Waals surface area contributed by atoms with Crippen molar-refractivity contribution in [1.29, 1.82) is 0 Å². The Morgan fingerprint density at radius 2 is 1.72 bits per heavy atom. The van der Waals surface area contributed by atoms with Gasteiger partial charge in [-0.15, -0.1) is 5.10 Å². The third-order valence-corrected chi connectivity index (χ3v) is 3.96. The number of carbonyl (C=O) groups is 1. The zero-order valence-corrected chi connectivity index (χ0v) is 13.6. The molecule has 0 bridgehead atoms. The van der Waals surface area contributed by atoms with Gasteiger partial charge in [0.1, 0.15) is 0 Å². The number of benzene rings is 2. The molecule has 2 aromatic carbocycles. The number of hydrogen-bond donors (Lipinski definition) is 0.